The Hall–Kier alpha value is -2.83. The molecular formula is C21H30N6O. The lowest BCUT2D eigenvalue weighted by molar-refractivity contribution is -0.128. The molecule has 2 atom stereocenters. The molecule has 0 fully saturated rings. The van der Waals surface area contributed by atoms with Gasteiger partial charge in [0.25, 0.3) is 0 Å². The average Bonchev–Trinajstić information content (AvgIpc) is 2.93. The third kappa shape index (κ3) is 3.88. The number of likely N-dealkylation sites (N-methyl/N-ethyl adjacent to an activating group) is 1. The van der Waals surface area contributed by atoms with Gasteiger partial charge in [0.2, 0.25) is 5.91 Å². The zero-order valence-corrected chi connectivity index (χ0v) is 17.4. The number of benzene rings is 1. The largest absolute Gasteiger partial charge is 0.391 e. The Morgan fingerprint density at radius 3 is 2.54 bits per heavy atom. The number of nitrogens with two attached hydrogens (primary N) is 1. The number of carbonyl (C=O) groups excluding carboxylic acids is 1. The number of hydrogen-bond donors (Lipinski definition) is 2. The van der Waals surface area contributed by atoms with Crippen LogP contribution in [0.3, 0.4) is 0 Å². The van der Waals surface area contributed by atoms with E-state index in [1.807, 2.05) is 31.2 Å². The third-order valence-electron chi connectivity index (χ3n) is 5.74. The van der Waals surface area contributed by atoms with Crippen molar-refractivity contribution in [3.05, 3.63) is 41.1 Å². The molecule has 0 radical (unpaired) electrons. The minimum atomic E-state index is 0.0532. The predicted molar refractivity (Wildman–Crippen MR) is 114 cm³/mol. The minimum Gasteiger partial charge on any atom is -0.391 e. The van der Waals surface area contributed by atoms with E-state index < -0.39 is 0 Å². The van der Waals surface area contributed by atoms with Crippen LogP contribution in [0.15, 0.2) is 45.6 Å². The fourth-order valence-corrected chi connectivity index (χ4v) is 3.99. The van der Waals surface area contributed by atoms with Crippen molar-refractivity contribution in [3.8, 4) is 0 Å². The highest BCUT2D eigenvalue weighted by molar-refractivity contribution is 6.00. The number of amidine groups is 1. The minimum absolute atomic E-state index is 0.0532. The normalized spacial score (nSPS) is 23.2. The Balaban J connectivity index is 1.82. The summed E-state index contributed by atoms with van der Waals surface area (Å²) >= 11 is 0. The highest BCUT2D eigenvalue weighted by Gasteiger charge is 2.30. The molecule has 3 N–H and O–H groups in total. The molecule has 2 aliphatic rings. The van der Waals surface area contributed by atoms with Crippen LogP contribution in [0.4, 0.5) is 5.69 Å². The van der Waals surface area contributed by atoms with Crippen LogP contribution < -0.4 is 11.1 Å². The van der Waals surface area contributed by atoms with Crippen LogP contribution in [-0.4, -0.2) is 60.6 Å². The number of amides is 1. The second-order valence-corrected chi connectivity index (χ2v) is 7.52. The standard InChI is InChI=1S/C21H30N6O/c1-13-20(14(2)26(5)25-13)16-6-8-17(9-7-16)24-21(22)18-12-27(15(3)28)11-10-19(18)23-4/h6-9,14,20,23H,10-12H2,1-5H3,(H2,22,24). The molecule has 2 unspecified atom stereocenters. The van der Waals surface area contributed by atoms with Crippen molar-refractivity contribution in [1.82, 2.24) is 15.2 Å². The maximum atomic E-state index is 11.7. The van der Waals surface area contributed by atoms with Gasteiger partial charge in [0, 0.05) is 56.9 Å². The number of nitrogens with zero attached hydrogens (tertiary/aromatic N) is 4. The van der Waals surface area contributed by atoms with Crippen molar-refractivity contribution in [3.63, 3.8) is 0 Å². The number of hydrogen-bond acceptors (Lipinski definition) is 5. The van der Waals surface area contributed by atoms with Gasteiger partial charge < -0.3 is 16.0 Å². The van der Waals surface area contributed by atoms with E-state index in [4.69, 9.17) is 5.73 Å². The lowest BCUT2D eigenvalue weighted by atomic mass is 9.89. The van der Waals surface area contributed by atoms with Crippen LogP contribution in [-0.2, 0) is 4.79 Å². The smallest absolute Gasteiger partial charge is 0.219 e. The maximum Gasteiger partial charge on any atom is 0.219 e. The molecule has 0 spiro atoms. The van der Waals surface area contributed by atoms with Gasteiger partial charge in [-0.25, -0.2) is 4.99 Å². The second-order valence-electron chi connectivity index (χ2n) is 7.52. The van der Waals surface area contributed by atoms with E-state index in [-0.39, 0.29) is 5.91 Å². The van der Waals surface area contributed by atoms with E-state index in [2.05, 4.69) is 41.4 Å². The summed E-state index contributed by atoms with van der Waals surface area (Å²) in [5.74, 6) is 0.800. The van der Waals surface area contributed by atoms with Crippen molar-refractivity contribution in [2.75, 3.05) is 27.2 Å². The lowest BCUT2D eigenvalue weighted by Gasteiger charge is -2.29. The molecule has 1 amide bonds. The van der Waals surface area contributed by atoms with Gasteiger partial charge in [-0.15, -0.1) is 0 Å². The molecular weight excluding hydrogens is 352 g/mol. The van der Waals surface area contributed by atoms with E-state index in [9.17, 15) is 4.79 Å². The van der Waals surface area contributed by atoms with E-state index in [0.717, 1.165) is 29.1 Å². The Kier molecular flexibility index (Phi) is 5.72. The predicted octanol–water partition coefficient (Wildman–Crippen LogP) is 2.19. The van der Waals surface area contributed by atoms with Gasteiger partial charge >= 0.3 is 0 Å². The molecule has 0 aromatic heterocycles. The van der Waals surface area contributed by atoms with Crippen molar-refractivity contribution in [2.24, 2.45) is 15.8 Å². The zero-order chi connectivity index (χ0) is 20.4. The van der Waals surface area contributed by atoms with Crippen LogP contribution in [0.25, 0.3) is 0 Å². The zero-order valence-electron chi connectivity index (χ0n) is 17.4. The Labute approximate surface area is 167 Å². The molecule has 2 aliphatic heterocycles. The molecule has 0 saturated carbocycles. The van der Waals surface area contributed by atoms with Crippen LogP contribution in [0, 0.1) is 0 Å². The molecule has 7 heteroatoms. The van der Waals surface area contributed by atoms with Crippen molar-refractivity contribution in [1.29, 1.82) is 0 Å². The lowest BCUT2D eigenvalue weighted by Crippen LogP contribution is -2.40. The Morgan fingerprint density at radius 1 is 1.32 bits per heavy atom. The topological polar surface area (TPSA) is 86.3 Å². The molecule has 1 aromatic carbocycles. The van der Waals surface area contributed by atoms with Gasteiger partial charge in [-0.05, 0) is 31.5 Å². The number of nitrogens with one attached hydrogen (secondary N) is 1. The summed E-state index contributed by atoms with van der Waals surface area (Å²) in [6, 6.07) is 8.52. The van der Waals surface area contributed by atoms with Crippen LogP contribution >= 0.6 is 0 Å². The summed E-state index contributed by atoms with van der Waals surface area (Å²) in [4.78, 5) is 18.2. The van der Waals surface area contributed by atoms with Crippen LogP contribution in [0.2, 0.25) is 0 Å². The molecule has 28 heavy (non-hydrogen) atoms. The molecule has 0 bridgehead atoms. The fraction of sp³-hybridized carbons (Fsp3) is 0.476. The van der Waals surface area contributed by atoms with Crippen molar-refractivity contribution >= 4 is 23.1 Å². The van der Waals surface area contributed by atoms with E-state index in [0.29, 0.717) is 30.9 Å². The summed E-state index contributed by atoms with van der Waals surface area (Å²) < 4.78 is 0. The SMILES string of the molecule is CNC1=C(C(N)=Nc2ccc(C3C(C)=NN(C)C3C)cc2)CN(C(C)=O)CC1. The molecule has 0 aliphatic carbocycles. The molecule has 3 rings (SSSR count). The first-order valence-corrected chi connectivity index (χ1v) is 9.69. The first kappa shape index (κ1) is 19.9. The van der Waals surface area contributed by atoms with Crippen LogP contribution in [0.1, 0.15) is 38.7 Å². The molecule has 150 valence electrons. The molecule has 0 saturated heterocycles. The Morgan fingerprint density at radius 2 is 2.00 bits per heavy atom. The highest BCUT2D eigenvalue weighted by Crippen LogP contribution is 2.31. The van der Waals surface area contributed by atoms with Crippen molar-refractivity contribution in [2.45, 2.75) is 39.2 Å². The summed E-state index contributed by atoms with van der Waals surface area (Å²) in [6.07, 6.45) is 0.756. The molecule has 7 nitrogen and oxygen atoms in total. The fourth-order valence-electron chi connectivity index (χ4n) is 3.99. The maximum absolute atomic E-state index is 11.7. The number of carbonyl (C=O) groups is 1. The van der Waals surface area contributed by atoms with Crippen LogP contribution in [0.5, 0.6) is 0 Å². The van der Waals surface area contributed by atoms with Gasteiger partial charge in [0.15, 0.2) is 0 Å². The van der Waals surface area contributed by atoms with E-state index in [1.165, 1.54) is 5.56 Å². The number of aliphatic imine (C=N–C) groups is 1. The van der Waals surface area contributed by atoms with E-state index in [1.54, 1.807) is 11.8 Å². The first-order valence-electron chi connectivity index (χ1n) is 9.69. The van der Waals surface area contributed by atoms with Gasteiger partial charge in [-0.1, -0.05) is 12.1 Å². The number of hydrazone groups is 1. The molecule has 1 aromatic rings. The monoisotopic (exact) mass is 382 g/mol. The average molecular weight is 383 g/mol. The van der Waals surface area contributed by atoms with Gasteiger partial charge in [-0.2, -0.15) is 5.10 Å². The molecule has 2 heterocycles. The summed E-state index contributed by atoms with van der Waals surface area (Å²) in [6.45, 7) is 7.03. The highest BCUT2D eigenvalue weighted by atomic mass is 16.2. The van der Waals surface area contributed by atoms with Gasteiger partial charge in [0.1, 0.15) is 5.84 Å². The number of rotatable bonds is 4. The van der Waals surface area contributed by atoms with E-state index >= 15 is 0 Å². The first-order chi connectivity index (χ1) is 13.3. The summed E-state index contributed by atoms with van der Waals surface area (Å²) in [5.41, 5.74) is 11.4. The van der Waals surface area contributed by atoms with Gasteiger partial charge in [0.05, 0.1) is 18.3 Å². The Bertz CT molecular complexity index is 839. The van der Waals surface area contributed by atoms with Crippen molar-refractivity contribution < 1.29 is 4.79 Å². The summed E-state index contributed by atoms with van der Waals surface area (Å²) in [5, 5.41) is 9.77. The second kappa shape index (κ2) is 8.04. The third-order valence-corrected chi connectivity index (χ3v) is 5.74. The van der Waals surface area contributed by atoms with Gasteiger partial charge in [-0.3, -0.25) is 9.80 Å². The summed E-state index contributed by atoms with van der Waals surface area (Å²) in [7, 11) is 3.89. The quantitative estimate of drug-likeness (QED) is 0.617.